The molecule has 1 aromatic rings. The number of rotatable bonds is 3. The molecule has 0 N–H and O–H groups in total. The maximum Gasteiger partial charge on any atom is 0.392 e. The minimum absolute atomic E-state index is 0.0923. The lowest BCUT2D eigenvalue weighted by molar-refractivity contribution is -0.174. The summed E-state index contributed by atoms with van der Waals surface area (Å²) in [6.45, 7) is 2.72. The summed E-state index contributed by atoms with van der Waals surface area (Å²) in [5.41, 5.74) is 0. The number of likely N-dealkylation sites (tertiary alicyclic amines) is 1. The number of piperidine rings is 1. The molecule has 1 atom stereocenters. The lowest BCUT2D eigenvalue weighted by Crippen LogP contribution is -2.40. The highest BCUT2D eigenvalue weighted by Gasteiger charge is 2.37. The molecule has 108 valence electrons. The number of nitrogens with zero attached hydrogens (tertiary/aromatic N) is 4. The van der Waals surface area contributed by atoms with Crippen LogP contribution in [0.2, 0.25) is 0 Å². The zero-order valence-corrected chi connectivity index (χ0v) is 11.2. The van der Waals surface area contributed by atoms with Crippen LogP contribution >= 0.6 is 0 Å². The van der Waals surface area contributed by atoms with Gasteiger partial charge in [0, 0.05) is 19.5 Å². The van der Waals surface area contributed by atoms with Crippen molar-refractivity contribution in [3.05, 3.63) is 12.2 Å². The van der Waals surface area contributed by atoms with E-state index in [2.05, 4.69) is 10.2 Å². The number of alkyl halides is 3. The zero-order valence-electron chi connectivity index (χ0n) is 11.2. The van der Waals surface area contributed by atoms with Crippen LogP contribution in [0.5, 0.6) is 0 Å². The van der Waals surface area contributed by atoms with E-state index in [4.69, 9.17) is 0 Å². The number of halogens is 3. The molecule has 0 radical (unpaired) electrons. The number of hydrogen-bond acceptors (Lipinski definition) is 3. The first kappa shape index (κ1) is 14.3. The Labute approximate surface area is 110 Å². The van der Waals surface area contributed by atoms with Crippen LogP contribution < -0.4 is 0 Å². The molecule has 4 nitrogen and oxygen atoms in total. The molecule has 2 heterocycles. The predicted octanol–water partition coefficient (Wildman–Crippen LogP) is 2.19. The molecular formula is C12H19F3N4. The van der Waals surface area contributed by atoms with Gasteiger partial charge in [-0.3, -0.25) is 0 Å². The third kappa shape index (κ3) is 3.46. The van der Waals surface area contributed by atoms with Crippen LogP contribution in [0.25, 0.3) is 0 Å². The average molecular weight is 276 g/mol. The monoisotopic (exact) mass is 276 g/mol. The van der Waals surface area contributed by atoms with E-state index in [9.17, 15) is 13.2 Å². The topological polar surface area (TPSA) is 34.0 Å². The van der Waals surface area contributed by atoms with Crippen LogP contribution in [0.1, 0.15) is 31.5 Å². The van der Waals surface area contributed by atoms with Gasteiger partial charge in [0.15, 0.2) is 0 Å². The summed E-state index contributed by atoms with van der Waals surface area (Å²) < 4.78 is 39.4. The molecule has 0 amide bonds. The molecule has 7 heteroatoms. The number of aryl methyl sites for hydroxylation is 1. The highest BCUT2D eigenvalue weighted by molar-refractivity contribution is 4.98. The van der Waals surface area contributed by atoms with Crippen LogP contribution in [-0.2, 0) is 7.05 Å². The molecular weight excluding hydrogens is 257 g/mol. The van der Waals surface area contributed by atoms with Crippen molar-refractivity contribution in [2.24, 2.45) is 13.0 Å². The molecule has 2 rings (SSSR count). The summed E-state index contributed by atoms with van der Waals surface area (Å²) in [5, 5.41) is 7.93. The maximum atomic E-state index is 12.5. The van der Waals surface area contributed by atoms with E-state index in [1.165, 1.54) is 6.92 Å². The third-order valence-electron chi connectivity index (χ3n) is 3.79. The Balaban J connectivity index is 1.85. The molecule has 0 spiro atoms. The van der Waals surface area contributed by atoms with Crippen LogP contribution in [0.4, 0.5) is 13.2 Å². The van der Waals surface area contributed by atoms with Crippen molar-refractivity contribution < 1.29 is 13.2 Å². The first-order valence-electron chi connectivity index (χ1n) is 6.51. The molecule has 1 fully saturated rings. The van der Waals surface area contributed by atoms with Crippen LogP contribution in [0.15, 0.2) is 6.33 Å². The molecule has 0 unspecified atom stereocenters. The largest absolute Gasteiger partial charge is 0.392 e. The molecule has 1 aromatic heterocycles. The second kappa shape index (κ2) is 5.48. The van der Waals surface area contributed by atoms with E-state index in [-0.39, 0.29) is 6.54 Å². The van der Waals surface area contributed by atoms with E-state index in [0.29, 0.717) is 19.0 Å². The van der Waals surface area contributed by atoms with Crippen molar-refractivity contribution in [2.75, 3.05) is 19.6 Å². The molecule has 19 heavy (non-hydrogen) atoms. The molecule has 0 bridgehead atoms. The molecule has 1 aliphatic heterocycles. The Hall–Kier alpha value is -1.11. The highest BCUT2D eigenvalue weighted by Crippen LogP contribution is 2.30. The van der Waals surface area contributed by atoms with E-state index in [0.717, 1.165) is 18.7 Å². The summed E-state index contributed by atoms with van der Waals surface area (Å²) in [6.07, 6.45) is -0.748. The van der Waals surface area contributed by atoms with Gasteiger partial charge < -0.3 is 9.47 Å². The van der Waals surface area contributed by atoms with Gasteiger partial charge in [-0.25, -0.2) is 0 Å². The Morgan fingerprint density at radius 2 is 2.00 bits per heavy atom. The summed E-state index contributed by atoms with van der Waals surface area (Å²) in [7, 11) is 1.90. The quantitative estimate of drug-likeness (QED) is 0.848. The van der Waals surface area contributed by atoms with Gasteiger partial charge >= 0.3 is 6.18 Å². The Kier molecular flexibility index (Phi) is 4.13. The van der Waals surface area contributed by atoms with Crippen LogP contribution in [0.3, 0.4) is 0 Å². The molecule has 0 aromatic carbocycles. The lowest BCUT2D eigenvalue weighted by Gasteiger charge is -2.33. The van der Waals surface area contributed by atoms with Gasteiger partial charge in [0.25, 0.3) is 0 Å². The summed E-state index contributed by atoms with van der Waals surface area (Å²) in [5.74, 6) is -0.0210. The fourth-order valence-corrected chi connectivity index (χ4v) is 2.53. The summed E-state index contributed by atoms with van der Waals surface area (Å²) in [4.78, 5) is 1.89. The van der Waals surface area contributed by atoms with Gasteiger partial charge in [-0.2, -0.15) is 13.2 Å². The lowest BCUT2D eigenvalue weighted by atomic mass is 9.95. The standard InChI is InChI=1S/C12H19F3N4/c1-9(12(13,14)15)7-19-5-3-10(4-6-19)11-17-16-8-18(11)2/h8-10H,3-7H2,1-2H3/t9-/m1/s1. The second-order valence-electron chi connectivity index (χ2n) is 5.32. The average Bonchev–Trinajstić information content (AvgIpc) is 2.75. The minimum atomic E-state index is -4.10. The van der Waals surface area contributed by atoms with Gasteiger partial charge in [-0.05, 0) is 25.9 Å². The summed E-state index contributed by atoms with van der Waals surface area (Å²) in [6, 6.07) is 0. The van der Waals surface area contributed by atoms with Gasteiger partial charge in [0.2, 0.25) is 0 Å². The Morgan fingerprint density at radius 1 is 1.37 bits per heavy atom. The van der Waals surface area contributed by atoms with Crippen molar-refractivity contribution >= 4 is 0 Å². The van der Waals surface area contributed by atoms with Crippen molar-refractivity contribution in [3.63, 3.8) is 0 Å². The predicted molar refractivity (Wildman–Crippen MR) is 64.6 cm³/mol. The van der Waals surface area contributed by atoms with Crippen LogP contribution in [0, 0.1) is 5.92 Å². The molecule has 0 aliphatic carbocycles. The minimum Gasteiger partial charge on any atom is -0.320 e. The normalized spacial score (nSPS) is 20.7. The number of aromatic nitrogens is 3. The first-order chi connectivity index (χ1) is 8.88. The van der Waals surface area contributed by atoms with Crippen molar-refractivity contribution in [1.29, 1.82) is 0 Å². The van der Waals surface area contributed by atoms with Gasteiger partial charge in [0.1, 0.15) is 12.2 Å². The van der Waals surface area contributed by atoms with Crippen molar-refractivity contribution in [3.8, 4) is 0 Å². The summed E-state index contributed by atoms with van der Waals surface area (Å²) >= 11 is 0. The Bertz CT molecular complexity index is 407. The van der Waals surface area contributed by atoms with E-state index >= 15 is 0 Å². The maximum absolute atomic E-state index is 12.5. The SMILES string of the molecule is C[C@H](CN1CCC(c2nncn2C)CC1)C(F)(F)F. The molecule has 0 saturated carbocycles. The third-order valence-corrected chi connectivity index (χ3v) is 3.79. The molecule has 1 saturated heterocycles. The van der Waals surface area contributed by atoms with Crippen molar-refractivity contribution in [1.82, 2.24) is 19.7 Å². The highest BCUT2D eigenvalue weighted by atomic mass is 19.4. The zero-order chi connectivity index (χ0) is 14.0. The number of hydrogen-bond donors (Lipinski definition) is 0. The molecule has 1 aliphatic rings. The van der Waals surface area contributed by atoms with E-state index < -0.39 is 12.1 Å². The fraction of sp³-hybridized carbons (Fsp3) is 0.833. The van der Waals surface area contributed by atoms with Gasteiger partial charge in [-0.1, -0.05) is 6.92 Å². The Morgan fingerprint density at radius 3 is 2.47 bits per heavy atom. The van der Waals surface area contributed by atoms with E-state index in [1.54, 1.807) is 6.33 Å². The van der Waals surface area contributed by atoms with Crippen LogP contribution in [-0.4, -0.2) is 45.5 Å². The van der Waals surface area contributed by atoms with E-state index in [1.807, 2.05) is 16.5 Å². The fourth-order valence-electron chi connectivity index (χ4n) is 2.53. The second-order valence-corrected chi connectivity index (χ2v) is 5.32. The first-order valence-corrected chi connectivity index (χ1v) is 6.51. The smallest absolute Gasteiger partial charge is 0.320 e. The van der Waals surface area contributed by atoms with Crippen molar-refractivity contribution in [2.45, 2.75) is 31.9 Å². The van der Waals surface area contributed by atoms with Gasteiger partial charge in [0.05, 0.1) is 5.92 Å². The van der Waals surface area contributed by atoms with Gasteiger partial charge in [-0.15, -0.1) is 10.2 Å².